The van der Waals surface area contributed by atoms with Crippen molar-refractivity contribution in [2.24, 2.45) is 0 Å². The smallest absolute Gasteiger partial charge is 0.318 e. The van der Waals surface area contributed by atoms with Crippen LogP contribution < -0.4 is 5.32 Å². The summed E-state index contributed by atoms with van der Waals surface area (Å²) in [6.45, 7) is 3.71. The van der Waals surface area contributed by atoms with Crippen molar-refractivity contribution in [3.63, 3.8) is 0 Å². The van der Waals surface area contributed by atoms with Gasteiger partial charge in [0.05, 0.1) is 6.04 Å². The van der Waals surface area contributed by atoms with Crippen LogP contribution in [0, 0.1) is 0 Å². The Labute approximate surface area is 152 Å². The highest BCUT2D eigenvalue weighted by atomic mass is 16.3. The molecule has 0 aromatic heterocycles. The molecule has 140 valence electrons. The monoisotopic (exact) mass is 347 g/mol. The first-order chi connectivity index (χ1) is 12.0. The van der Waals surface area contributed by atoms with E-state index in [-0.39, 0.29) is 17.8 Å². The van der Waals surface area contributed by atoms with E-state index in [2.05, 4.69) is 17.1 Å². The molecule has 25 heavy (non-hydrogen) atoms. The maximum atomic E-state index is 13.0. The molecule has 0 saturated heterocycles. The van der Waals surface area contributed by atoms with E-state index in [4.69, 9.17) is 0 Å². The Morgan fingerprint density at radius 1 is 1.16 bits per heavy atom. The van der Waals surface area contributed by atoms with E-state index in [1.165, 1.54) is 19.3 Å². The number of hydrogen-bond acceptors (Lipinski definition) is 3. The first-order valence-electron chi connectivity index (χ1n) is 9.52. The zero-order valence-corrected chi connectivity index (χ0v) is 15.9. The van der Waals surface area contributed by atoms with Gasteiger partial charge < -0.3 is 20.2 Å². The molecule has 0 aliphatic heterocycles. The van der Waals surface area contributed by atoms with Crippen LogP contribution in [0.3, 0.4) is 0 Å². The summed E-state index contributed by atoms with van der Waals surface area (Å²) in [6.07, 6.45) is 6.75. The molecule has 5 heteroatoms. The van der Waals surface area contributed by atoms with Crippen molar-refractivity contribution >= 4 is 6.03 Å². The van der Waals surface area contributed by atoms with Crippen LogP contribution >= 0.6 is 0 Å². The quantitative estimate of drug-likeness (QED) is 0.790. The summed E-state index contributed by atoms with van der Waals surface area (Å²) in [5.74, 6) is 0.250. The van der Waals surface area contributed by atoms with Gasteiger partial charge in [-0.25, -0.2) is 4.79 Å². The number of likely N-dealkylation sites (N-methyl/N-ethyl adjacent to an activating group) is 1. The minimum absolute atomic E-state index is 0.0291. The third-order valence-electron chi connectivity index (χ3n) is 5.07. The summed E-state index contributed by atoms with van der Waals surface area (Å²) in [7, 11) is 4.09. The zero-order chi connectivity index (χ0) is 18.2. The topological polar surface area (TPSA) is 55.8 Å². The molecule has 2 amide bonds. The number of nitrogens with zero attached hydrogens (tertiary/aromatic N) is 2. The van der Waals surface area contributed by atoms with E-state index in [1.807, 2.05) is 31.1 Å². The van der Waals surface area contributed by atoms with Crippen LogP contribution in [0.25, 0.3) is 0 Å². The molecule has 1 atom stereocenters. The summed E-state index contributed by atoms with van der Waals surface area (Å²) in [5.41, 5.74) is 1.03. The van der Waals surface area contributed by atoms with Crippen molar-refractivity contribution < 1.29 is 9.90 Å². The zero-order valence-electron chi connectivity index (χ0n) is 15.9. The highest BCUT2D eigenvalue weighted by Crippen LogP contribution is 2.24. The number of rotatable bonds is 7. The second-order valence-corrected chi connectivity index (χ2v) is 7.29. The largest absolute Gasteiger partial charge is 0.508 e. The van der Waals surface area contributed by atoms with Crippen molar-refractivity contribution in [1.29, 1.82) is 0 Å². The Bertz CT molecular complexity index is 524. The van der Waals surface area contributed by atoms with Crippen molar-refractivity contribution in [1.82, 2.24) is 15.1 Å². The van der Waals surface area contributed by atoms with Crippen molar-refractivity contribution in [3.8, 4) is 5.75 Å². The number of amides is 2. The van der Waals surface area contributed by atoms with Gasteiger partial charge in [-0.15, -0.1) is 0 Å². The van der Waals surface area contributed by atoms with E-state index in [0.29, 0.717) is 6.04 Å². The van der Waals surface area contributed by atoms with Gasteiger partial charge in [0.15, 0.2) is 0 Å². The molecular formula is C20H33N3O2. The van der Waals surface area contributed by atoms with Gasteiger partial charge >= 0.3 is 6.03 Å². The molecule has 1 aromatic rings. The van der Waals surface area contributed by atoms with E-state index in [0.717, 1.165) is 37.9 Å². The fourth-order valence-corrected chi connectivity index (χ4v) is 3.51. The molecule has 1 aliphatic rings. The summed E-state index contributed by atoms with van der Waals surface area (Å²) >= 11 is 0. The number of benzene rings is 1. The number of aromatic hydroxyl groups is 1. The van der Waals surface area contributed by atoms with Crippen LogP contribution in [0.15, 0.2) is 24.3 Å². The maximum absolute atomic E-state index is 13.0. The molecule has 5 nitrogen and oxygen atoms in total. The first kappa shape index (κ1) is 19.6. The fraction of sp³-hybridized carbons (Fsp3) is 0.650. The van der Waals surface area contributed by atoms with Crippen LogP contribution in [-0.4, -0.2) is 54.2 Å². The second-order valence-electron chi connectivity index (χ2n) is 7.29. The highest BCUT2D eigenvalue weighted by Gasteiger charge is 2.26. The number of phenolic OH excluding ortho intramolecular Hbond substituents is 1. The Morgan fingerprint density at radius 3 is 2.36 bits per heavy atom. The lowest BCUT2D eigenvalue weighted by Crippen LogP contribution is -2.50. The molecule has 0 radical (unpaired) electrons. The minimum atomic E-state index is -0.0291. The third kappa shape index (κ3) is 5.92. The second kappa shape index (κ2) is 9.66. The van der Waals surface area contributed by atoms with E-state index in [1.54, 1.807) is 12.1 Å². The lowest BCUT2D eigenvalue weighted by Gasteiger charge is -2.36. The van der Waals surface area contributed by atoms with Crippen LogP contribution in [0.5, 0.6) is 5.75 Å². The number of carbonyl (C=O) groups is 1. The first-order valence-corrected chi connectivity index (χ1v) is 9.52. The number of urea groups is 1. The molecule has 1 aromatic carbocycles. The molecule has 2 N–H and O–H groups in total. The Balaban J connectivity index is 2.06. The lowest BCUT2D eigenvalue weighted by atomic mass is 9.94. The predicted octanol–water partition coefficient (Wildman–Crippen LogP) is 3.75. The Hall–Kier alpha value is -1.75. The molecule has 1 saturated carbocycles. The molecule has 1 fully saturated rings. The normalized spacial score (nSPS) is 16.6. The molecule has 0 bridgehead atoms. The lowest BCUT2D eigenvalue weighted by molar-refractivity contribution is 0.145. The number of carbonyl (C=O) groups excluding carboxylic acids is 1. The van der Waals surface area contributed by atoms with E-state index >= 15 is 0 Å². The molecule has 0 spiro atoms. The number of phenols is 1. The molecule has 0 heterocycles. The van der Waals surface area contributed by atoms with Crippen LogP contribution in [0.2, 0.25) is 0 Å². The van der Waals surface area contributed by atoms with E-state index < -0.39 is 0 Å². The van der Waals surface area contributed by atoms with E-state index in [9.17, 15) is 9.90 Å². The van der Waals surface area contributed by atoms with Gasteiger partial charge in [-0.05, 0) is 51.1 Å². The average Bonchev–Trinajstić information content (AvgIpc) is 2.61. The maximum Gasteiger partial charge on any atom is 0.318 e. The summed E-state index contributed by atoms with van der Waals surface area (Å²) in [6, 6.07) is 7.48. The van der Waals surface area contributed by atoms with Gasteiger partial charge in [-0.1, -0.05) is 38.3 Å². The van der Waals surface area contributed by atoms with Crippen molar-refractivity contribution in [2.45, 2.75) is 57.5 Å². The van der Waals surface area contributed by atoms with Crippen LogP contribution in [0.4, 0.5) is 4.79 Å². The molecule has 2 rings (SSSR count). The van der Waals surface area contributed by atoms with Gasteiger partial charge in [0.1, 0.15) is 5.75 Å². The number of hydrogen-bond donors (Lipinski definition) is 2. The van der Waals surface area contributed by atoms with Crippen molar-refractivity contribution in [2.75, 3.05) is 27.2 Å². The molecular weight excluding hydrogens is 314 g/mol. The fourth-order valence-electron chi connectivity index (χ4n) is 3.51. The highest BCUT2D eigenvalue weighted by molar-refractivity contribution is 5.75. The Morgan fingerprint density at radius 2 is 1.80 bits per heavy atom. The molecule has 1 aliphatic carbocycles. The summed E-state index contributed by atoms with van der Waals surface area (Å²) in [5, 5.41) is 12.7. The minimum Gasteiger partial charge on any atom is -0.508 e. The summed E-state index contributed by atoms with van der Waals surface area (Å²) < 4.78 is 0. The molecule has 1 unspecified atom stereocenters. The van der Waals surface area contributed by atoms with Crippen molar-refractivity contribution in [3.05, 3.63) is 29.8 Å². The van der Waals surface area contributed by atoms with Gasteiger partial charge in [0.25, 0.3) is 0 Å². The van der Waals surface area contributed by atoms with Gasteiger partial charge in [0, 0.05) is 19.1 Å². The third-order valence-corrected chi connectivity index (χ3v) is 5.07. The van der Waals surface area contributed by atoms with Crippen LogP contribution in [-0.2, 0) is 0 Å². The Kier molecular flexibility index (Phi) is 7.56. The van der Waals surface area contributed by atoms with Crippen LogP contribution in [0.1, 0.15) is 57.1 Å². The van der Waals surface area contributed by atoms with Gasteiger partial charge in [-0.3, -0.25) is 0 Å². The van der Waals surface area contributed by atoms with Gasteiger partial charge in [-0.2, -0.15) is 0 Å². The van der Waals surface area contributed by atoms with Gasteiger partial charge in [0.2, 0.25) is 0 Å². The predicted molar refractivity (Wildman–Crippen MR) is 102 cm³/mol. The average molecular weight is 348 g/mol. The standard InChI is InChI=1S/C20H33N3O2/c1-4-19(16-10-12-18(24)13-11-16)21-20(25)23(15-14-22(2)3)17-8-6-5-7-9-17/h10-13,17,19,24H,4-9,14-15H2,1-3H3,(H,21,25). The number of nitrogens with one attached hydrogen (secondary N) is 1. The SMILES string of the molecule is CCC(NC(=O)N(CCN(C)C)C1CCCCC1)c1ccc(O)cc1. The summed E-state index contributed by atoms with van der Waals surface area (Å²) in [4.78, 5) is 17.2.